The molecule has 0 radical (unpaired) electrons. The van der Waals surface area contributed by atoms with E-state index in [1.807, 2.05) is 0 Å². The van der Waals surface area contributed by atoms with Crippen LogP contribution >= 0.6 is 0 Å². The molecule has 2 aromatic rings. The number of benzene rings is 1. The van der Waals surface area contributed by atoms with Crippen molar-refractivity contribution in [2.24, 2.45) is 0 Å². The van der Waals surface area contributed by atoms with Crippen molar-refractivity contribution in [3.63, 3.8) is 0 Å². The molecule has 0 spiro atoms. The molecule has 1 aromatic heterocycles. The third-order valence-corrected chi connectivity index (χ3v) is 4.56. The number of anilines is 3. The highest BCUT2D eigenvalue weighted by atomic mass is 19.1. The number of morpholine rings is 1. The highest BCUT2D eigenvalue weighted by Crippen LogP contribution is 2.24. The minimum absolute atomic E-state index is 0.110. The SMILES string of the molecule is Nc1ccc(-c2nc(N3CCNCC3)nc(N3CCOCC3)n2)cc1F. The van der Waals surface area contributed by atoms with E-state index in [0.717, 1.165) is 39.3 Å². The van der Waals surface area contributed by atoms with Crippen molar-refractivity contribution in [3.05, 3.63) is 24.0 Å². The van der Waals surface area contributed by atoms with Crippen LogP contribution in [0.4, 0.5) is 22.0 Å². The zero-order valence-electron chi connectivity index (χ0n) is 14.5. The summed E-state index contributed by atoms with van der Waals surface area (Å²) in [6.45, 7) is 6.13. The number of ether oxygens (including phenoxy) is 1. The topological polar surface area (TPSA) is 92.4 Å². The summed E-state index contributed by atoms with van der Waals surface area (Å²) >= 11 is 0. The zero-order chi connectivity index (χ0) is 17.9. The zero-order valence-corrected chi connectivity index (χ0v) is 14.5. The molecule has 0 saturated carbocycles. The molecule has 3 heterocycles. The fourth-order valence-electron chi connectivity index (χ4n) is 3.06. The van der Waals surface area contributed by atoms with Gasteiger partial charge in [0, 0.05) is 44.8 Å². The van der Waals surface area contributed by atoms with Crippen molar-refractivity contribution < 1.29 is 9.13 Å². The summed E-state index contributed by atoms with van der Waals surface area (Å²) in [7, 11) is 0. The monoisotopic (exact) mass is 359 g/mol. The van der Waals surface area contributed by atoms with E-state index in [-0.39, 0.29) is 5.69 Å². The van der Waals surface area contributed by atoms with Crippen LogP contribution in [0.15, 0.2) is 18.2 Å². The number of rotatable bonds is 3. The van der Waals surface area contributed by atoms with Gasteiger partial charge in [-0.2, -0.15) is 15.0 Å². The highest BCUT2D eigenvalue weighted by molar-refractivity contribution is 5.62. The number of halogens is 1. The fraction of sp³-hybridized carbons (Fsp3) is 0.471. The summed E-state index contributed by atoms with van der Waals surface area (Å²) in [5.41, 5.74) is 6.29. The van der Waals surface area contributed by atoms with E-state index in [0.29, 0.717) is 36.5 Å². The van der Waals surface area contributed by atoms with Crippen molar-refractivity contribution in [2.45, 2.75) is 0 Å². The van der Waals surface area contributed by atoms with Gasteiger partial charge in [-0.15, -0.1) is 0 Å². The Bertz CT molecular complexity index is 739. The summed E-state index contributed by atoms with van der Waals surface area (Å²) in [6, 6.07) is 4.64. The molecule has 3 N–H and O–H groups in total. The van der Waals surface area contributed by atoms with E-state index in [1.54, 1.807) is 6.07 Å². The molecule has 4 rings (SSSR count). The Morgan fingerprint density at radius 1 is 0.962 bits per heavy atom. The lowest BCUT2D eigenvalue weighted by atomic mass is 10.2. The van der Waals surface area contributed by atoms with E-state index < -0.39 is 5.82 Å². The molecule has 0 unspecified atom stereocenters. The maximum absolute atomic E-state index is 13.9. The molecule has 0 atom stereocenters. The van der Waals surface area contributed by atoms with Crippen LogP contribution in [0, 0.1) is 5.82 Å². The Balaban J connectivity index is 1.74. The van der Waals surface area contributed by atoms with Gasteiger partial charge in [0.05, 0.1) is 18.9 Å². The largest absolute Gasteiger partial charge is 0.396 e. The Kier molecular flexibility index (Phi) is 4.81. The first-order valence-electron chi connectivity index (χ1n) is 8.80. The average Bonchev–Trinajstić information content (AvgIpc) is 2.71. The van der Waals surface area contributed by atoms with Gasteiger partial charge in [0.25, 0.3) is 0 Å². The molecule has 2 fully saturated rings. The van der Waals surface area contributed by atoms with Crippen LogP contribution in [0.3, 0.4) is 0 Å². The van der Waals surface area contributed by atoms with Gasteiger partial charge in [-0.3, -0.25) is 0 Å². The highest BCUT2D eigenvalue weighted by Gasteiger charge is 2.21. The maximum atomic E-state index is 13.9. The second kappa shape index (κ2) is 7.38. The van der Waals surface area contributed by atoms with Crippen molar-refractivity contribution in [3.8, 4) is 11.4 Å². The molecular weight excluding hydrogens is 337 g/mol. The van der Waals surface area contributed by atoms with Gasteiger partial charge in [-0.25, -0.2) is 4.39 Å². The van der Waals surface area contributed by atoms with Gasteiger partial charge in [0.1, 0.15) is 5.82 Å². The second-order valence-electron chi connectivity index (χ2n) is 6.33. The summed E-state index contributed by atoms with van der Waals surface area (Å²) in [6.07, 6.45) is 0. The summed E-state index contributed by atoms with van der Waals surface area (Å²) < 4.78 is 19.3. The molecule has 2 aliphatic rings. The number of nitrogens with two attached hydrogens (primary N) is 1. The maximum Gasteiger partial charge on any atom is 0.230 e. The quantitative estimate of drug-likeness (QED) is 0.766. The van der Waals surface area contributed by atoms with Crippen LogP contribution in [-0.2, 0) is 4.74 Å². The number of piperazine rings is 1. The summed E-state index contributed by atoms with van der Waals surface area (Å²) in [5.74, 6) is 1.20. The third-order valence-electron chi connectivity index (χ3n) is 4.56. The van der Waals surface area contributed by atoms with Crippen molar-refractivity contribution in [1.29, 1.82) is 0 Å². The number of nitrogen functional groups attached to an aromatic ring is 1. The van der Waals surface area contributed by atoms with E-state index >= 15 is 0 Å². The number of nitrogens with zero attached hydrogens (tertiary/aromatic N) is 5. The van der Waals surface area contributed by atoms with Gasteiger partial charge in [0.15, 0.2) is 5.82 Å². The third kappa shape index (κ3) is 3.54. The van der Waals surface area contributed by atoms with Crippen molar-refractivity contribution in [2.75, 3.05) is 68.0 Å². The Morgan fingerprint density at radius 3 is 2.27 bits per heavy atom. The van der Waals surface area contributed by atoms with Gasteiger partial charge >= 0.3 is 0 Å². The van der Waals surface area contributed by atoms with E-state index in [2.05, 4.69) is 30.1 Å². The van der Waals surface area contributed by atoms with E-state index in [4.69, 9.17) is 10.5 Å². The predicted octanol–water partition coefficient (Wildman–Crippen LogP) is 0.506. The first-order chi connectivity index (χ1) is 12.7. The van der Waals surface area contributed by atoms with E-state index in [9.17, 15) is 4.39 Å². The van der Waals surface area contributed by atoms with Crippen LogP contribution < -0.4 is 20.9 Å². The Hall–Kier alpha value is -2.52. The van der Waals surface area contributed by atoms with Crippen LogP contribution in [0.1, 0.15) is 0 Å². The van der Waals surface area contributed by atoms with Crippen LogP contribution in [-0.4, -0.2) is 67.4 Å². The smallest absolute Gasteiger partial charge is 0.230 e. The van der Waals surface area contributed by atoms with Gasteiger partial charge in [0.2, 0.25) is 11.9 Å². The molecule has 9 heteroatoms. The fourth-order valence-corrected chi connectivity index (χ4v) is 3.06. The average molecular weight is 359 g/mol. The standard InChI is InChI=1S/C17H22FN7O/c18-13-11-12(1-2-14(13)19)15-21-16(24-5-3-20-4-6-24)23-17(22-15)25-7-9-26-10-8-25/h1-2,11,20H,3-10,19H2. The first-order valence-corrected chi connectivity index (χ1v) is 8.80. The summed E-state index contributed by atoms with van der Waals surface area (Å²) in [5, 5.41) is 3.32. The molecule has 1 aromatic carbocycles. The van der Waals surface area contributed by atoms with Crippen LogP contribution in [0.5, 0.6) is 0 Å². The van der Waals surface area contributed by atoms with Gasteiger partial charge in [-0.1, -0.05) is 0 Å². The van der Waals surface area contributed by atoms with Crippen molar-refractivity contribution >= 4 is 17.6 Å². The van der Waals surface area contributed by atoms with Gasteiger partial charge < -0.3 is 25.6 Å². The number of hydrogen-bond donors (Lipinski definition) is 2. The molecule has 0 bridgehead atoms. The minimum Gasteiger partial charge on any atom is -0.396 e. The molecule has 2 aliphatic heterocycles. The number of hydrogen-bond acceptors (Lipinski definition) is 8. The van der Waals surface area contributed by atoms with Gasteiger partial charge in [-0.05, 0) is 18.2 Å². The minimum atomic E-state index is -0.473. The van der Waals surface area contributed by atoms with E-state index in [1.165, 1.54) is 12.1 Å². The molecule has 2 saturated heterocycles. The molecule has 26 heavy (non-hydrogen) atoms. The Morgan fingerprint density at radius 2 is 1.62 bits per heavy atom. The van der Waals surface area contributed by atoms with Crippen molar-refractivity contribution in [1.82, 2.24) is 20.3 Å². The number of aromatic nitrogens is 3. The molecule has 0 amide bonds. The predicted molar refractivity (Wildman–Crippen MR) is 97.7 cm³/mol. The molecule has 8 nitrogen and oxygen atoms in total. The Labute approximate surface area is 151 Å². The lowest BCUT2D eigenvalue weighted by Gasteiger charge is -2.30. The molecule has 0 aliphatic carbocycles. The normalized spacial score (nSPS) is 18.2. The molecule has 138 valence electrons. The molecular formula is C17H22FN7O. The van der Waals surface area contributed by atoms with Crippen LogP contribution in [0.2, 0.25) is 0 Å². The number of nitrogens with one attached hydrogen (secondary N) is 1. The van der Waals surface area contributed by atoms with Crippen LogP contribution in [0.25, 0.3) is 11.4 Å². The first kappa shape index (κ1) is 16.9. The summed E-state index contributed by atoms with van der Waals surface area (Å²) in [4.78, 5) is 18.1. The lowest BCUT2D eigenvalue weighted by molar-refractivity contribution is 0.122. The lowest BCUT2D eigenvalue weighted by Crippen LogP contribution is -2.44. The second-order valence-corrected chi connectivity index (χ2v) is 6.33.